The molecule has 49 heavy (non-hydrogen) atoms. The van der Waals surface area contributed by atoms with E-state index in [0.29, 0.717) is 11.8 Å². The molecule has 1 aromatic heterocycles. The topological polar surface area (TPSA) is 29.0 Å². The molecule has 0 fully saturated rings. The minimum atomic E-state index is -0.0160. The van der Waals surface area contributed by atoms with Crippen LogP contribution < -0.4 is 4.90 Å². The van der Waals surface area contributed by atoms with Crippen LogP contribution in [0.4, 0.5) is 5.69 Å². The van der Waals surface area contributed by atoms with Crippen molar-refractivity contribution in [3.05, 3.63) is 174 Å². The van der Waals surface area contributed by atoms with Crippen molar-refractivity contribution in [2.75, 3.05) is 4.90 Å². The molecular formula is C46H43N3. The first-order valence-electron chi connectivity index (χ1n) is 17.3. The molecule has 3 nitrogen and oxygen atoms in total. The number of hydrogen-bond acceptors (Lipinski definition) is 3. The van der Waals surface area contributed by atoms with Gasteiger partial charge >= 0.3 is 0 Å². The third kappa shape index (κ3) is 5.62. The average Bonchev–Trinajstić information content (AvgIpc) is 3.58. The van der Waals surface area contributed by atoms with Crippen LogP contribution in [0.15, 0.2) is 145 Å². The Bertz CT molecular complexity index is 2090. The molecule has 3 aromatic carbocycles. The highest BCUT2D eigenvalue weighted by molar-refractivity contribution is 5.86. The van der Waals surface area contributed by atoms with Crippen LogP contribution in [0.25, 0.3) is 22.4 Å². The Hall–Kier alpha value is -5.46. The van der Waals surface area contributed by atoms with Crippen molar-refractivity contribution in [1.29, 1.82) is 0 Å². The molecule has 4 unspecified atom stereocenters. The van der Waals surface area contributed by atoms with E-state index < -0.39 is 0 Å². The first-order chi connectivity index (χ1) is 23.9. The van der Waals surface area contributed by atoms with Crippen LogP contribution in [0.5, 0.6) is 0 Å². The fourth-order valence-corrected chi connectivity index (χ4v) is 8.01. The summed E-state index contributed by atoms with van der Waals surface area (Å²) in [5, 5.41) is 0. The van der Waals surface area contributed by atoms with Gasteiger partial charge in [0.25, 0.3) is 0 Å². The van der Waals surface area contributed by atoms with Gasteiger partial charge in [0.2, 0.25) is 0 Å². The van der Waals surface area contributed by atoms with E-state index in [9.17, 15) is 0 Å². The van der Waals surface area contributed by atoms with Crippen molar-refractivity contribution in [1.82, 2.24) is 9.97 Å². The molecule has 2 heterocycles. The number of rotatable bonds is 6. The highest BCUT2D eigenvalue weighted by atomic mass is 15.2. The standard InChI is InChI=1S/C44H41N3.C2H2/c1-5-32(20-15-19-31-26-40(30-17-7-6-8-18-30)46-43(45-31)33-21-10-9-16-29(33)2)47-41-25-14-12-23-35(41)37-27-39-36(28-42(37)47)34-22-11-13-24-38(34)44(39,3)4;1-2/h5-18,20-29,33,35,41H,19H2,1-4H3;1-2H/b20-15-,32-5+;. The number of allylic oxidation sites excluding steroid dienone is 9. The number of anilines is 1. The Kier molecular flexibility index (Phi) is 8.66. The van der Waals surface area contributed by atoms with Crippen LogP contribution >= 0.6 is 0 Å². The van der Waals surface area contributed by atoms with E-state index >= 15 is 0 Å². The molecule has 3 heteroatoms. The molecule has 0 spiro atoms. The third-order valence-corrected chi connectivity index (χ3v) is 10.5. The molecule has 4 aromatic rings. The molecule has 0 saturated heterocycles. The largest absolute Gasteiger partial charge is 0.334 e. The fourth-order valence-electron chi connectivity index (χ4n) is 8.01. The SMILES string of the molecule is C#C.C/C=C(\C=C/Cc1cc(-c2ccccc2)nc(C2C=CC=CC2C)n1)N1c2cc3c(cc2C2C=CC=CC21)C(C)(C)c1ccccc1-3. The van der Waals surface area contributed by atoms with Gasteiger partial charge in [-0.05, 0) is 58.9 Å². The molecule has 0 bridgehead atoms. The second-order valence-electron chi connectivity index (χ2n) is 13.7. The highest BCUT2D eigenvalue weighted by Gasteiger charge is 2.42. The zero-order valence-electron chi connectivity index (χ0n) is 28.8. The summed E-state index contributed by atoms with van der Waals surface area (Å²) in [5.74, 6) is 1.73. The predicted octanol–water partition coefficient (Wildman–Crippen LogP) is 10.6. The molecule has 0 amide bonds. The Morgan fingerprint density at radius 2 is 1.51 bits per heavy atom. The van der Waals surface area contributed by atoms with E-state index in [1.54, 1.807) is 0 Å². The van der Waals surface area contributed by atoms with Crippen LogP contribution in [0.1, 0.15) is 67.7 Å². The van der Waals surface area contributed by atoms with Gasteiger partial charge in [-0.3, -0.25) is 0 Å². The monoisotopic (exact) mass is 637 g/mol. The third-order valence-electron chi connectivity index (χ3n) is 10.5. The van der Waals surface area contributed by atoms with Crippen molar-refractivity contribution >= 4 is 5.69 Å². The number of benzene rings is 3. The van der Waals surface area contributed by atoms with Gasteiger partial charge in [-0.1, -0.05) is 142 Å². The normalized spacial score (nSPS) is 22.3. The van der Waals surface area contributed by atoms with Crippen LogP contribution in [-0.4, -0.2) is 16.0 Å². The summed E-state index contributed by atoms with van der Waals surface area (Å²) in [5.41, 5.74) is 12.6. The maximum atomic E-state index is 5.13. The molecule has 1 aliphatic heterocycles. The summed E-state index contributed by atoms with van der Waals surface area (Å²) in [6.45, 7) is 9.14. The lowest BCUT2D eigenvalue weighted by Gasteiger charge is -2.29. The lowest BCUT2D eigenvalue weighted by Crippen LogP contribution is -2.31. The summed E-state index contributed by atoms with van der Waals surface area (Å²) in [4.78, 5) is 12.7. The lowest BCUT2D eigenvalue weighted by molar-refractivity contribution is 0.600. The number of aromatic nitrogens is 2. The first-order valence-corrected chi connectivity index (χ1v) is 17.3. The minimum Gasteiger partial charge on any atom is -0.334 e. The summed E-state index contributed by atoms with van der Waals surface area (Å²) in [7, 11) is 0. The van der Waals surface area contributed by atoms with Gasteiger partial charge in [-0.25, -0.2) is 9.97 Å². The number of fused-ring (bicyclic) bond motifs is 6. The van der Waals surface area contributed by atoms with E-state index in [-0.39, 0.29) is 17.4 Å². The summed E-state index contributed by atoms with van der Waals surface area (Å²) in [6.07, 6.45) is 33.4. The molecule has 242 valence electrons. The van der Waals surface area contributed by atoms with E-state index in [2.05, 4.69) is 185 Å². The van der Waals surface area contributed by atoms with Crippen molar-refractivity contribution < 1.29 is 0 Å². The Morgan fingerprint density at radius 1 is 0.796 bits per heavy atom. The van der Waals surface area contributed by atoms with Crippen molar-refractivity contribution in [3.63, 3.8) is 0 Å². The molecule has 8 rings (SSSR count). The van der Waals surface area contributed by atoms with Crippen molar-refractivity contribution in [3.8, 4) is 35.2 Å². The van der Waals surface area contributed by atoms with Crippen LogP contribution in [0.3, 0.4) is 0 Å². The maximum absolute atomic E-state index is 5.13. The zero-order chi connectivity index (χ0) is 34.1. The second-order valence-corrected chi connectivity index (χ2v) is 13.7. The van der Waals surface area contributed by atoms with Gasteiger partial charge in [0.15, 0.2) is 0 Å². The van der Waals surface area contributed by atoms with Crippen LogP contribution in [0.2, 0.25) is 0 Å². The Balaban J connectivity index is 0.00000186. The number of hydrogen-bond donors (Lipinski definition) is 0. The zero-order valence-corrected chi connectivity index (χ0v) is 28.8. The van der Waals surface area contributed by atoms with Crippen molar-refractivity contribution in [2.24, 2.45) is 5.92 Å². The van der Waals surface area contributed by atoms with Crippen molar-refractivity contribution in [2.45, 2.75) is 57.4 Å². The predicted molar refractivity (Wildman–Crippen MR) is 205 cm³/mol. The molecule has 4 atom stereocenters. The van der Waals surface area contributed by atoms with E-state index in [1.165, 1.54) is 39.2 Å². The molecule has 0 radical (unpaired) electrons. The molecule has 3 aliphatic carbocycles. The molecule has 4 aliphatic rings. The first kappa shape index (κ1) is 32.1. The Labute approximate surface area is 291 Å². The fraction of sp³-hybridized carbons (Fsp3) is 0.217. The molecular weight excluding hydrogens is 595 g/mol. The Morgan fingerprint density at radius 3 is 2.29 bits per heavy atom. The number of nitrogens with zero attached hydrogens (tertiary/aromatic N) is 3. The van der Waals surface area contributed by atoms with E-state index in [4.69, 9.17) is 9.97 Å². The smallest absolute Gasteiger partial charge is 0.136 e. The number of terminal acetylenes is 1. The highest BCUT2D eigenvalue weighted by Crippen LogP contribution is 2.55. The van der Waals surface area contributed by atoms with E-state index in [1.807, 2.05) is 0 Å². The molecule has 0 N–H and O–H groups in total. The summed E-state index contributed by atoms with van der Waals surface area (Å²) in [6, 6.07) is 26.8. The summed E-state index contributed by atoms with van der Waals surface area (Å²) >= 11 is 0. The van der Waals surface area contributed by atoms with Gasteiger partial charge in [0.1, 0.15) is 5.82 Å². The van der Waals surface area contributed by atoms with Gasteiger partial charge < -0.3 is 4.90 Å². The van der Waals surface area contributed by atoms with Gasteiger partial charge in [0.05, 0.1) is 11.7 Å². The summed E-state index contributed by atoms with van der Waals surface area (Å²) < 4.78 is 0. The lowest BCUT2D eigenvalue weighted by atomic mass is 9.80. The van der Waals surface area contributed by atoms with Gasteiger partial charge in [0, 0.05) is 46.3 Å². The van der Waals surface area contributed by atoms with E-state index in [0.717, 1.165) is 29.2 Å². The van der Waals surface area contributed by atoms with Gasteiger partial charge in [-0.2, -0.15) is 0 Å². The quantitative estimate of drug-likeness (QED) is 0.156. The average molecular weight is 638 g/mol. The van der Waals surface area contributed by atoms with Gasteiger partial charge in [-0.15, -0.1) is 12.8 Å². The minimum absolute atomic E-state index is 0.0160. The maximum Gasteiger partial charge on any atom is 0.136 e. The molecule has 0 saturated carbocycles. The van der Waals surface area contributed by atoms with Crippen LogP contribution in [0, 0.1) is 18.8 Å². The van der Waals surface area contributed by atoms with Crippen LogP contribution in [-0.2, 0) is 11.8 Å². The second kappa shape index (κ2) is 13.2.